The first kappa shape index (κ1) is 13.5. The van der Waals surface area contributed by atoms with Crippen LogP contribution in [0.5, 0.6) is 0 Å². The van der Waals surface area contributed by atoms with E-state index in [9.17, 15) is 5.11 Å². The lowest BCUT2D eigenvalue weighted by Crippen LogP contribution is -2.34. The van der Waals surface area contributed by atoms with Crippen LogP contribution in [0.4, 0.5) is 0 Å². The van der Waals surface area contributed by atoms with Gasteiger partial charge in [0, 0.05) is 25.7 Å². The first-order chi connectivity index (χ1) is 9.78. The second-order valence-electron chi connectivity index (χ2n) is 5.73. The minimum atomic E-state index is 0.133. The van der Waals surface area contributed by atoms with Crippen LogP contribution in [-0.4, -0.2) is 51.3 Å². The highest BCUT2D eigenvalue weighted by Gasteiger charge is 2.20. The van der Waals surface area contributed by atoms with Gasteiger partial charge in [-0.15, -0.1) is 0 Å². The van der Waals surface area contributed by atoms with Crippen molar-refractivity contribution in [3.63, 3.8) is 0 Å². The minimum Gasteiger partial charge on any atom is -0.396 e. The second-order valence-corrected chi connectivity index (χ2v) is 5.73. The molecule has 0 saturated carbocycles. The Morgan fingerprint density at radius 1 is 1.45 bits per heavy atom. The molecule has 2 aromatic heterocycles. The average molecular weight is 274 g/mol. The third-order valence-electron chi connectivity index (χ3n) is 4.08. The number of aliphatic hydroxyl groups is 1. The first-order valence-corrected chi connectivity index (χ1v) is 7.37. The Hall–Kier alpha value is -1.46. The van der Waals surface area contributed by atoms with Crippen LogP contribution in [0.25, 0.3) is 11.2 Å². The van der Waals surface area contributed by atoms with E-state index in [1.165, 1.54) is 19.4 Å². The van der Waals surface area contributed by atoms with Crippen LogP contribution in [0, 0.1) is 5.92 Å². The Kier molecular flexibility index (Phi) is 3.98. The Morgan fingerprint density at radius 3 is 3.15 bits per heavy atom. The van der Waals surface area contributed by atoms with Crippen molar-refractivity contribution in [3.05, 3.63) is 24.2 Å². The Balaban J connectivity index is 1.90. The lowest BCUT2D eigenvalue weighted by molar-refractivity contribution is 0.194. The van der Waals surface area contributed by atoms with Crippen molar-refractivity contribution >= 4 is 11.2 Å². The summed E-state index contributed by atoms with van der Waals surface area (Å²) in [6.45, 7) is 3.41. The fourth-order valence-corrected chi connectivity index (χ4v) is 3.17. The molecule has 1 fully saturated rings. The highest BCUT2D eigenvalue weighted by atomic mass is 16.3. The highest BCUT2D eigenvalue weighted by Crippen LogP contribution is 2.21. The first-order valence-electron chi connectivity index (χ1n) is 7.37. The van der Waals surface area contributed by atoms with E-state index in [0.29, 0.717) is 12.3 Å². The van der Waals surface area contributed by atoms with Gasteiger partial charge in [0.2, 0.25) is 0 Å². The summed E-state index contributed by atoms with van der Waals surface area (Å²) in [7, 11) is 2.19. The zero-order valence-corrected chi connectivity index (χ0v) is 12.0. The number of aromatic nitrogens is 3. The third kappa shape index (κ3) is 2.69. The maximum atomic E-state index is 9.24. The molecular weight excluding hydrogens is 252 g/mol. The minimum absolute atomic E-state index is 0.133. The third-order valence-corrected chi connectivity index (χ3v) is 4.08. The van der Waals surface area contributed by atoms with Crippen molar-refractivity contribution in [2.24, 2.45) is 5.92 Å². The maximum absolute atomic E-state index is 9.24. The number of imidazole rings is 1. The van der Waals surface area contributed by atoms with Gasteiger partial charge in [-0.3, -0.25) is 0 Å². The Labute approximate surface area is 119 Å². The number of hydrogen-bond acceptors (Lipinski definition) is 4. The van der Waals surface area contributed by atoms with Gasteiger partial charge >= 0.3 is 0 Å². The number of rotatable bonds is 4. The topological polar surface area (TPSA) is 54.2 Å². The van der Waals surface area contributed by atoms with E-state index >= 15 is 0 Å². The summed E-state index contributed by atoms with van der Waals surface area (Å²) in [6, 6.07) is 3.91. The number of likely N-dealkylation sites (tertiary alicyclic amines) is 1. The number of nitrogens with zero attached hydrogens (tertiary/aromatic N) is 4. The molecule has 0 radical (unpaired) electrons. The normalized spacial score (nSPS) is 20.6. The van der Waals surface area contributed by atoms with Crippen LogP contribution in [0.1, 0.15) is 18.7 Å². The van der Waals surface area contributed by atoms with E-state index in [0.717, 1.165) is 30.1 Å². The molecule has 3 rings (SSSR count). The monoisotopic (exact) mass is 274 g/mol. The molecule has 108 valence electrons. The van der Waals surface area contributed by atoms with Crippen LogP contribution >= 0.6 is 0 Å². The Bertz CT molecular complexity index is 580. The highest BCUT2D eigenvalue weighted by molar-refractivity contribution is 5.71. The molecule has 3 heterocycles. The molecule has 1 saturated heterocycles. The fourth-order valence-electron chi connectivity index (χ4n) is 3.17. The van der Waals surface area contributed by atoms with Gasteiger partial charge in [0.25, 0.3) is 0 Å². The second kappa shape index (κ2) is 5.89. The number of fused-ring (bicyclic) bond motifs is 1. The van der Waals surface area contributed by atoms with E-state index < -0.39 is 0 Å². The van der Waals surface area contributed by atoms with Crippen molar-refractivity contribution in [1.29, 1.82) is 0 Å². The summed E-state index contributed by atoms with van der Waals surface area (Å²) in [5.74, 6) is 1.60. The molecule has 1 N–H and O–H groups in total. The quantitative estimate of drug-likeness (QED) is 0.913. The van der Waals surface area contributed by atoms with E-state index in [2.05, 4.69) is 26.5 Å². The molecule has 0 aromatic carbocycles. The van der Waals surface area contributed by atoms with E-state index in [4.69, 9.17) is 0 Å². The molecule has 5 heteroatoms. The zero-order chi connectivity index (χ0) is 13.9. The summed E-state index contributed by atoms with van der Waals surface area (Å²) >= 11 is 0. The molecule has 1 unspecified atom stereocenters. The van der Waals surface area contributed by atoms with E-state index in [-0.39, 0.29) is 6.61 Å². The average Bonchev–Trinajstić information content (AvgIpc) is 2.78. The standard InChI is InChI=1S/C15H22N4O/c1-18-8-3-4-12(10-18)11-19-14(6-9-20)17-13-5-2-7-16-15(13)19/h2,5,7,12,20H,3-4,6,8-11H2,1H3. The molecule has 20 heavy (non-hydrogen) atoms. The molecule has 0 amide bonds. The van der Waals surface area contributed by atoms with Gasteiger partial charge in [-0.1, -0.05) is 0 Å². The van der Waals surface area contributed by atoms with Crippen molar-refractivity contribution in [2.75, 3.05) is 26.7 Å². The molecule has 0 spiro atoms. The van der Waals surface area contributed by atoms with E-state index in [1.807, 2.05) is 18.3 Å². The van der Waals surface area contributed by atoms with Crippen molar-refractivity contribution in [3.8, 4) is 0 Å². The van der Waals surface area contributed by atoms with Gasteiger partial charge in [0.05, 0.1) is 6.61 Å². The molecule has 5 nitrogen and oxygen atoms in total. The smallest absolute Gasteiger partial charge is 0.159 e. The summed E-state index contributed by atoms with van der Waals surface area (Å²) in [5, 5.41) is 9.24. The number of piperidine rings is 1. The number of aliphatic hydroxyl groups excluding tert-OH is 1. The van der Waals surface area contributed by atoms with Crippen molar-refractivity contribution in [2.45, 2.75) is 25.8 Å². The maximum Gasteiger partial charge on any atom is 0.159 e. The van der Waals surface area contributed by atoms with Gasteiger partial charge < -0.3 is 14.6 Å². The SMILES string of the molecule is CN1CCCC(Cn2c(CCO)nc3cccnc32)C1. The van der Waals surface area contributed by atoms with Crippen LogP contribution in [-0.2, 0) is 13.0 Å². The number of hydrogen-bond donors (Lipinski definition) is 1. The summed E-state index contributed by atoms with van der Waals surface area (Å²) in [6.07, 6.45) is 4.93. The van der Waals surface area contributed by atoms with Gasteiger partial charge in [0.1, 0.15) is 11.3 Å². The Morgan fingerprint density at radius 2 is 2.35 bits per heavy atom. The molecule has 2 aromatic rings. The van der Waals surface area contributed by atoms with E-state index in [1.54, 1.807) is 0 Å². The zero-order valence-electron chi connectivity index (χ0n) is 12.0. The predicted molar refractivity (Wildman–Crippen MR) is 78.5 cm³/mol. The van der Waals surface area contributed by atoms with Gasteiger partial charge in [0.15, 0.2) is 5.65 Å². The molecule has 1 atom stereocenters. The predicted octanol–water partition coefficient (Wildman–Crippen LogP) is 1.31. The molecule has 1 aliphatic rings. The lowest BCUT2D eigenvalue weighted by atomic mass is 9.98. The molecule has 1 aliphatic heterocycles. The summed E-state index contributed by atoms with van der Waals surface area (Å²) in [5.41, 5.74) is 1.88. The molecular formula is C15H22N4O. The largest absolute Gasteiger partial charge is 0.396 e. The number of pyridine rings is 1. The lowest BCUT2D eigenvalue weighted by Gasteiger charge is -2.30. The van der Waals surface area contributed by atoms with Crippen molar-refractivity contribution in [1.82, 2.24) is 19.4 Å². The summed E-state index contributed by atoms with van der Waals surface area (Å²) in [4.78, 5) is 11.5. The summed E-state index contributed by atoms with van der Waals surface area (Å²) < 4.78 is 2.20. The van der Waals surface area contributed by atoms with Gasteiger partial charge in [-0.25, -0.2) is 9.97 Å². The van der Waals surface area contributed by atoms with Crippen LogP contribution in [0.3, 0.4) is 0 Å². The van der Waals surface area contributed by atoms with Crippen LogP contribution in [0.15, 0.2) is 18.3 Å². The van der Waals surface area contributed by atoms with Crippen LogP contribution in [0.2, 0.25) is 0 Å². The fraction of sp³-hybridized carbons (Fsp3) is 0.600. The van der Waals surface area contributed by atoms with Gasteiger partial charge in [-0.2, -0.15) is 0 Å². The molecule has 0 aliphatic carbocycles. The molecule has 0 bridgehead atoms. The van der Waals surface area contributed by atoms with Gasteiger partial charge in [-0.05, 0) is 44.5 Å². The van der Waals surface area contributed by atoms with Crippen molar-refractivity contribution < 1.29 is 5.11 Å². The van der Waals surface area contributed by atoms with Crippen LogP contribution < -0.4 is 0 Å².